The van der Waals surface area contributed by atoms with Crippen molar-refractivity contribution in [1.29, 1.82) is 0 Å². The number of rotatable bonds is 5. The Morgan fingerprint density at radius 3 is 2.71 bits per heavy atom. The fraction of sp³-hybridized carbons (Fsp3) is 0.700. The summed E-state index contributed by atoms with van der Waals surface area (Å²) in [7, 11) is 0. The van der Waals surface area contributed by atoms with E-state index in [9.17, 15) is 0 Å². The molecular formula is C10H18ClN3. The van der Waals surface area contributed by atoms with Crippen LogP contribution >= 0.6 is 11.6 Å². The Labute approximate surface area is 90.4 Å². The van der Waals surface area contributed by atoms with Crippen LogP contribution in [0.4, 0.5) is 0 Å². The molecule has 80 valence electrons. The molecule has 0 bridgehead atoms. The minimum Gasteiger partial charge on any atom is -0.317 e. The molecule has 0 aromatic carbocycles. The predicted octanol–water partition coefficient (Wildman–Crippen LogP) is 2.02. The van der Waals surface area contributed by atoms with Crippen LogP contribution in [0.1, 0.15) is 25.2 Å². The molecule has 0 atom stereocenters. The Balaban J connectivity index is 2.72. The topological polar surface area (TPSA) is 29.9 Å². The summed E-state index contributed by atoms with van der Waals surface area (Å²) in [5, 5.41) is 8.47. The summed E-state index contributed by atoms with van der Waals surface area (Å²) in [5.41, 5.74) is 2.08. The Morgan fingerprint density at radius 1 is 1.43 bits per heavy atom. The molecule has 0 aliphatic rings. The zero-order chi connectivity index (χ0) is 10.6. The van der Waals surface area contributed by atoms with Crippen LogP contribution in [0, 0.1) is 6.92 Å². The van der Waals surface area contributed by atoms with Gasteiger partial charge in [0.15, 0.2) is 0 Å². The van der Waals surface area contributed by atoms with Crippen molar-refractivity contribution in [2.24, 2.45) is 0 Å². The Kier molecular flexibility index (Phi) is 4.42. The number of aryl methyl sites for hydroxylation is 2. The standard InChI is InChI=1S/C10H18ClN3/c1-4-12-7-6-9-10(11)8(3)13-14(9)5-2/h12H,4-7H2,1-3H3. The van der Waals surface area contributed by atoms with Crippen molar-refractivity contribution in [3.8, 4) is 0 Å². The first-order valence-corrected chi connectivity index (χ1v) is 5.51. The lowest BCUT2D eigenvalue weighted by Gasteiger charge is -2.05. The fourth-order valence-corrected chi connectivity index (χ4v) is 1.72. The molecule has 0 saturated heterocycles. The van der Waals surface area contributed by atoms with E-state index in [1.807, 2.05) is 11.6 Å². The number of halogens is 1. The normalized spacial score (nSPS) is 10.9. The number of nitrogens with one attached hydrogen (secondary N) is 1. The molecule has 1 rings (SSSR count). The highest BCUT2D eigenvalue weighted by Gasteiger charge is 2.11. The smallest absolute Gasteiger partial charge is 0.0847 e. The Bertz CT molecular complexity index is 294. The van der Waals surface area contributed by atoms with Gasteiger partial charge in [-0.1, -0.05) is 18.5 Å². The van der Waals surface area contributed by atoms with Crippen LogP contribution in [-0.4, -0.2) is 22.9 Å². The largest absolute Gasteiger partial charge is 0.317 e. The lowest BCUT2D eigenvalue weighted by Crippen LogP contribution is -2.18. The van der Waals surface area contributed by atoms with Crippen molar-refractivity contribution in [2.75, 3.05) is 13.1 Å². The number of hydrogen-bond donors (Lipinski definition) is 1. The molecule has 14 heavy (non-hydrogen) atoms. The molecule has 0 radical (unpaired) electrons. The second kappa shape index (κ2) is 5.37. The van der Waals surface area contributed by atoms with Gasteiger partial charge in [-0.3, -0.25) is 4.68 Å². The molecule has 0 fully saturated rings. The van der Waals surface area contributed by atoms with Crippen LogP contribution in [0.3, 0.4) is 0 Å². The predicted molar refractivity (Wildman–Crippen MR) is 59.9 cm³/mol. The van der Waals surface area contributed by atoms with E-state index >= 15 is 0 Å². The monoisotopic (exact) mass is 215 g/mol. The SMILES string of the molecule is CCNCCc1c(Cl)c(C)nn1CC. The van der Waals surface area contributed by atoms with E-state index < -0.39 is 0 Å². The molecule has 0 aliphatic heterocycles. The molecule has 4 heteroatoms. The minimum atomic E-state index is 0.824. The molecule has 1 aromatic heterocycles. The first-order chi connectivity index (χ1) is 6.70. The Hall–Kier alpha value is -0.540. The molecular weight excluding hydrogens is 198 g/mol. The summed E-state index contributed by atoms with van der Waals surface area (Å²) < 4.78 is 1.98. The quantitative estimate of drug-likeness (QED) is 0.762. The molecule has 1 N–H and O–H groups in total. The maximum atomic E-state index is 6.16. The van der Waals surface area contributed by atoms with Gasteiger partial charge < -0.3 is 5.32 Å². The van der Waals surface area contributed by atoms with Crippen molar-refractivity contribution in [1.82, 2.24) is 15.1 Å². The van der Waals surface area contributed by atoms with Crippen molar-refractivity contribution < 1.29 is 0 Å². The van der Waals surface area contributed by atoms with Crippen LogP contribution < -0.4 is 5.32 Å². The fourth-order valence-electron chi connectivity index (χ4n) is 1.49. The summed E-state index contributed by atoms with van der Waals surface area (Å²) in [6, 6.07) is 0. The molecule has 0 aliphatic carbocycles. The van der Waals surface area contributed by atoms with E-state index in [1.54, 1.807) is 0 Å². The van der Waals surface area contributed by atoms with Gasteiger partial charge in [0, 0.05) is 19.5 Å². The van der Waals surface area contributed by atoms with E-state index in [0.29, 0.717) is 0 Å². The highest BCUT2D eigenvalue weighted by molar-refractivity contribution is 6.31. The highest BCUT2D eigenvalue weighted by Crippen LogP contribution is 2.20. The zero-order valence-electron chi connectivity index (χ0n) is 9.10. The summed E-state index contributed by atoms with van der Waals surface area (Å²) in [4.78, 5) is 0. The number of hydrogen-bond acceptors (Lipinski definition) is 2. The first-order valence-electron chi connectivity index (χ1n) is 5.13. The van der Waals surface area contributed by atoms with Gasteiger partial charge in [0.25, 0.3) is 0 Å². The average Bonchev–Trinajstić information content (AvgIpc) is 2.45. The average molecular weight is 216 g/mol. The minimum absolute atomic E-state index is 0.824. The van der Waals surface area contributed by atoms with Gasteiger partial charge in [0.1, 0.15) is 0 Å². The number of aromatic nitrogens is 2. The molecule has 0 unspecified atom stereocenters. The van der Waals surface area contributed by atoms with Crippen molar-refractivity contribution in [3.05, 3.63) is 16.4 Å². The summed E-state index contributed by atoms with van der Waals surface area (Å²) >= 11 is 6.16. The van der Waals surface area contributed by atoms with Gasteiger partial charge in [-0.15, -0.1) is 0 Å². The van der Waals surface area contributed by atoms with Crippen LogP contribution in [-0.2, 0) is 13.0 Å². The third-order valence-corrected chi connectivity index (χ3v) is 2.73. The second-order valence-electron chi connectivity index (χ2n) is 3.27. The van der Waals surface area contributed by atoms with Crippen LogP contribution in [0.2, 0.25) is 5.02 Å². The van der Waals surface area contributed by atoms with Gasteiger partial charge in [0.05, 0.1) is 16.4 Å². The van der Waals surface area contributed by atoms with Crippen LogP contribution in [0.5, 0.6) is 0 Å². The highest BCUT2D eigenvalue weighted by atomic mass is 35.5. The summed E-state index contributed by atoms with van der Waals surface area (Å²) in [6.07, 6.45) is 0.946. The van der Waals surface area contributed by atoms with E-state index in [1.165, 1.54) is 0 Å². The van der Waals surface area contributed by atoms with E-state index in [2.05, 4.69) is 24.3 Å². The van der Waals surface area contributed by atoms with Crippen LogP contribution in [0.15, 0.2) is 0 Å². The van der Waals surface area contributed by atoms with Crippen LogP contribution in [0.25, 0.3) is 0 Å². The van der Waals surface area contributed by atoms with Crippen molar-refractivity contribution in [3.63, 3.8) is 0 Å². The first kappa shape index (κ1) is 11.5. The van der Waals surface area contributed by atoms with Crippen molar-refractivity contribution in [2.45, 2.75) is 33.7 Å². The maximum Gasteiger partial charge on any atom is 0.0847 e. The molecule has 0 amide bonds. The molecule has 1 heterocycles. The number of likely N-dealkylation sites (N-methyl/N-ethyl adjacent to an activating group) is 1. The van der Waals surface area contributed by atoms with Gasteiger partial charge in [0.2, 0.25) is 0 Å². The van der Waals surface area contributed by atoms with Gasteiger partial charge >= 0.3 is 0 Å². The molecule has 0 spiro atoms. The van der Waals surface area contributed by atoms with E-state index in [4.69, 9.17) is 11.6 Å². The molecule has 0 saturated carbocycles. The summed E-state index contributed by atoms with van der Waals surface area (Å²) in [5.74, 6) is 0. The van der Waals surface area contributed by atoms with Gasteiger partial charge in [-0.25, -0.2) is 0 Å². The molecule has 3 nitrogen and oxygen atoms in total. The van der Waals surface area contributed by atoms with Gasteiger partial charge in [-0.05, 0) is 20.4 Å². The number of nitrogens with zero attached hydrogens (tertiary/aromatic N) is 2. The van der Waals surface area contributed by atoms with E-state index in [0.717, 1.165) is 42.5 Å². The van der Waals surface area contributed by atoms with Gasteiger partial charge in [-0.2, -0.15) is 5.10 Å². The zero-order valence-corrected chi connectivity index (χ0v) is 9.86. The van der Waals surface area contributed by atoms with E-state index in [-0.39, 0.29) is 0 Å². The van der Waals surface area contributed by atoms with Crippen molar-refractivity contribution >= 4 is 11.6 Å². The third kappa shape index (κ3) is 2.49. The second-order valence-corrected chi connectivity index (χ2v) is 3.64. The maximum absolute atomic E-state index is 6.16. The third-order valence-electron chi connectivity index (χ3n) is 2.24. The summed E-state index contributed by atoms with van der Waals surface area (Å²) in [6.45, 7) is 8.97. The molecule has 1 aromatic rings. The lowest BCUT2D eigenvalue weighted by atomic mass is 10.3. The lowest BCUT2D eigenvalue weighted by molar-refractivity contribution is 0.600. The Morgan fingerprint density at radius 2 is 2.14 bits per heavy atom.